The molecule has 7 heteroatoms. The second kappa shape index (κ2) is 9.52. The molecule has 1 amide bonds. The van der Waals surface area contributed by atoms with Crippen molar-refractivity contribution in [3.8, 4) is 22.1 Å². The van der Waals surface area contributed by atoms with Crippen molar-refractivity contribution >= 4 is 17.2 Å². The summed E-state index contributed by atoms with van der Waals surface area (Å²) < 4.78 is 23.6. The topological polar surface area (TPSA) is 60.5 Å². The van der Waals surface area contributed by atoms with E-state index in [-0.39, 0.29) is 18.1 Å². The largest absolute Gasteiger partial charge is 0.493 e. The Kier molecular flexibility index (Phi) is 6.82. The van der Waals surface area contributed by atoms with Crippen molar-refractivity contribution in [1.82, 2.24) is 10.3 Å². The minimum absolute atomic E-state index is 0.0573. The third-order valence-electron chi connectivity index (χ3n) is 4.47. The number of amides is 1. The Morgan fingerprint density at radius 2 is 1.83 bits per heavy atom. The predicted octanol–water partition coefficient (Wildman–Crippen LogP) is 4.18. The minimum Gasteiger partial charge on any atom is -0.493 e. The second-order valence-corrected chi connectivity index (χ2v) is 7.58. The number of hydrogen-bond acceptors (Lipinski definition) is 5. The van der Waals surface area contributed by atoms with Gasteiger partial charge in [-0.15, -0.1) is 11.3 Å². The van der Waals surface area contributed by atoms with Crippen LogP contribution in [0.3, 0.4) is 0 Å². The van der Waals surface area contributed by atoms with Gasteiger partial charge in [0.15, 0.2) is 11.5 Å². The zero-order valence-corrected chi connectivity index (χ0v) is 17.4. The molecule has 0 fully saturated rings. The van der Waals surface area contributed by atoms with Crippen LogP contribution in [0.2, 0.25) is 0 Å². The quantitative estimate of drug-likeness (QED) is 0.601. The van der Waals surface area contributed by atoms with Gasteiger partial charge in [0.25, 0.3) is 0 Å². The van der Waals surface area contributed by atoms with Gasteiger partial charge in [0.2, 0.25) is 5.91 Å². The monoisotopic (exact) mass is 414 g/mol. The fourth-order valence-corrected chi connectivity index (χ4v) is 4.00. The number of ether oxygens (including phenoxy) is 2. The summed E-state index contributed by atoms with van der Waals surface area (Å²) in [5.41, 5.74) is 2.68. The van der Waals surface area contributed by atoms with Gasteiger partial charge in [0.05, 0.1) is 26.3 Å². The lowest BCUT2D eigenvalue weighted by Crippen LogP contribution is -2.27. The van der Waals surface area contributed by atoms with Gasteiger partial charge >= 0.3 is 0 Å². The highest BCUT2D eigenvalue weighted by atomic mass is 32.1. The van der Waals surface area contributed by atoms with Crippen LogP contribution in [0, 0.1) is 12.7 Å². The maximum atomic E-state index is 13.1. The molecule has 0 radical (unpaired) electrons. The Labute approximate surface area is 173 Å². The van der Waals surface area contributed by atoms with Crippen molar-refractivity contribution in [3.05, 3.63) is 64.4 Å². The molecule has 0 saturated carbocycles. The summed E-state index contributed by atoms with van der Waals surface area (Å²) in [7, 11) is 3.15. The molecule has 0 unspecified atom stereocenters. The van der Waals surface area contributed by atoms with E-state index in [9.17, 15) is 9.18 Å². The van der Waals surface area contributed by atoms with E-state index in [1.54, 1.807) is 49.8 Å². The van der Waals surface area contributed by atoms with Crippen molar-refractivity contribution in [2.24, 2.45) is 0 Å². The molecule has 29 heavy (non-hydrogen) atoms. The number of nitrogens with one attached hydrogen (secondary N) is 1. The maximum absolute atomic E-state index is 13.1. The van der Waals surface area contributed by atoms with Gasteiger partial charge in [-0.2, -0.15) is 0 Å². The average Bonchev–Trinajstić information content (AvgIpc) is 3.09. The molecular weight excluding hydrogens is 391 g/mol. The highest BCUT2D eigenvalue weighted by Gasteiger charge is 2.11. The van der Waals surface area contributed by atoms with E-state index in [1.165, 1.54) is 12.1 Å². The normalized spacial score (nSPS) is 10.6. The fraction of sp³-hybridized carbons (Fsp3) is 0.273. The van der Waals surface area contributed by atoms with Crippen LogP contribution in [0.1, 0.15) is 16.1 Å². The molecule has 3 aromatic rings. The van der Waals surface area contributed by atoms with Crippen LogP contribution in [0.4, 0.5) is 4.39 Å². The summed E-state index contributed by atoms with van der Waals surface area (Å²) in [4.78, 5) is 17.9. The highest BCUT2D eigenvalue weighted by Crippen LogP contribution is 2.29. The molecule has 1 heterocycles. The average molecular weight is 415 g/mol. The molecule has 2 aromatic carbocycles. The molecule has 1 aromatic heterocycles. The maximum Gasteiger partial charge on any atom is 0.224 e. The summed E-state index contributed by atoms with van der Waals surface area (Å²) in [6.07, 6.45) is 0.964. The van der Waals surface area contributed by atoms with Gasteiger partial charge in [0.1, 0.15) is 10.8 Å². The number of carbonyl (C=O) groups is 1. The molecular formula is C22H23FN2O3S. The van der Waals surface area contributed by atoms with Crippen molar-refractivity contribution in [3.63, 3.8) is 0 Å². The smallest absolute Gasteiger partial charge is 0.224 e. The van der Waals surface area contributed by atoms with Crippen LogP contribution in [0.15, 0.2) is 42.5 Å². The number of thiazole rings is 1. The van der Waals surface area contributed by atoms with Crippen LogP contribution in [-0.4, -0.2) is 31.7 Å². The van der Waals surface area contributed by atoms with Gasteiger partial charge in [-0.05, 0) is 48.9 Å². The van der Waals surface area contributed by atoms with Crippen LogP contribution in [0.25, 0.3) is 10.6 Å². The predicted molar refractivity (Wildman–Crippen MR) is 112 cm³/mol. The molecule has 0 bridgehead atoms. The first-order valence-electron chi connectivity index (χ1n) is 9.20. The SMILES string of the molecule is COc1ccc(CC(=O)NCCc2sc(-c3ccc(F)cc3)nc2C)cc1OC. The summed E-state index contributed by atoms with van der Waals surface area (Å²) in [5, 5.41) is 3.80. The van der Waals surface area contributed by atoms with Crippen LogP contribution >= 0.6 is 11.3 Å². The van der Waals surface area contributed by atoms with Gasteiger partial charge in [-0.25, -0.2) is 9.37 Å². The Hall–Kier alpha value is -2.93. The molecule has 0 atom stereocenters. The second-order valence-electron chi connectivity index (χ2n) is 6.50. The third-order valence-corrected chi connectivity index (χ3v) is 5.74. The van der Waals surface area contributed by atoms with Crippen molar-refractivity contribution in [2.75, 3.05) is 20.8 Å². The first-order chi connectivity index (χ1) is 14.0. The highest BCUT2D eigenvalue weighted by molar-refractivity contribution is 7.15. The number of carbonyl (C=O) groups excluding carboxylic acids is 1. The van der Waals surface area contributed by atoms with Crippen molar-refractivity contribution < 1.29 is 18.7 Å². The van der Waals surface area contributed by atoms with Crippen LogP contribution in [-0.2, 0) is 17.6 Å². The van der Waals surface area contributed by atoms with Gasteiger partial charge in [0, 0.05) is 23.4 Å². The van der Waals surface area contributed by atoms with Gasteiger partial charge in [-0.1, -0.05) is 6.07 Å². The third kappa shape index (κ3) is 5.32. The van der Waals surface area contributed by atoms with Gasteiger partial charge < -0.3 is 14.8 Å². The zero-order valence-electron chi connectivity index (χ0n) is 16.6. The van der Waals surface area contributed by atoms with Gasteiger partial charge in [-0.3, -0.25) is 4.79 Å². The van der Waals surface area contributed by atoms with E-state index in [4.69, 9.17) is 9.47 Å². The summed E-state index contributed by atoms with van der Waals surface area (Å²) in [6.45, 7) is 2.47. The molecule has 0 spiro atoms. The summed E-state index contributed by atoms with van der Waals surface area (Å²) in [6, 6.07) is 11.8. The first-order valence-corrected chi connectivity index (χ1v) is 10.0. The first kappa shape index (κ1) is 20.8. The molecule has 0 saturated heterocycles. The van der Waals surface area contributed by atoms with Crippen molar-refractivity contribution in [2.45, 2.75) is 19.8 Å². The van der Waals surface area contributed by atoms with E-state index < -0.39 is 0 Å². The van der Waals surface area contributed by atoms with E-state index in [1.807, 2.05) is 13.0 Å². The van der Waals surface area contributed by atoms with E-state index in [2.05, 4.69) is 10.3 Å². The summed E-state index contributed by atoms with van der Waals surface area (Å²) in [5.74, 6) is 0.915. The minimum atomic E-state index is -0.264. The lowest BCUT2D eigenvalue weighted by Gasteiger charge is -2.10. The standard InChI is InChI=1S/C22H23FN2O3S/c1-14-20(29-22(25-14)16-5-7-17(23)8-6-16)10-11-24-21(26)13-15-4-9-18(27-2)19(12-15)28-3/h4-9,12H,10-11,13H2,1-3H3,(H,24,26). The number of benzene rings is 2. The number of nitrogens with zero attached hydrogens (tertiary/aromatic N) is 1. The van der Waals surface area contributed by atoms with Crippen molar-refractivity contribution in [1.29, 1.82) is 0 Å². The van der Waals surface area contributed by atoms with Crippen LogP contribution < -0.4 is 14.8 Å². The fourth-order valence-electron chi connectivity index (χ4n) is 2.93. The number of methoxy groups -OCH3 is 2. The lowest BCUT2D eigenvalue weighted by molar-refractivity contribution is -0.120. The number of aromatic nitrogens is 1. The number of aryl methyl sites for hydroxylation is 1. The number of halogens is 1. The Morgan fingerprint density at radius 1 is 1.10 bits per heavy atom. The number of hydrogen-bond donors (Lipinski definition) is 1. The van der Waals surface area contributed by atoms with E-state index in [0.717, 1.165) is 26.7 Å². The molecule has 0 aliphatic rings. The summed E-state index contributed by atoms with van der Waals surface area (Å²) >= 11 is 1.57. The van der Waals surface area contributed by atoms with E-state index >= 15 is 0 Å². The Morgan fingerprint density at radius 3 is 2.52 bits per heavy atom. The molecule has 1 N–H and O–H groups in total. The van der Waals surface area contributed by atoms with E-state index in [0.29, 0.717) is 24.5 Å². The molecule has 5 nitrogen and oxygen atoms in total. The molecule has 0 aliphatic heterocycles. The Balaban J connectivity index is 1.55. The molecule has 3 rings (SSSR count). The number of rotatable bonds is 8. The molecule has 152 valence electrons. The zero-order chi connectivity index (χ0) is 20.8. The lowest BCUT2D eigenvalue weighted by atomic mass is 10.1. The van der Waals surface area contributed by atoms with Crippen LogP contribution in [0.5, 0.6) is 11.5 Å². The molecule has 0 aliphatic carbocycles. The Bertz CT molecular complexity index is 986.